The number of fused-ring (bicyclic) bond motifs is 5. The van der Waals surface area contributed by atoms with Gasteiger partial charge in [-0.05, 0) is 80.5 Å². The monoisotopic (exact) mass is 432 g/mol. The van der Waals surface area contributed by atoms with Crippen molar-refractivity contribution in [1.29, 1.82) is 0 Å². The highest BCUT2D eigenvalue weighted by Crippen LogP contribution is 2.66. The first-order valence-electron chi connectivity index (χ1n) is 12.0. The second-order valence-corrected chi connectivity index (χ2v) is 11.0. The van der Waals surface area contributed by atoms with Crippen LogP contribution in [0.25, 0.3) is 0 Å². The van der Waals surface area contributed by atoms with E-state index in [2.05, 4.69) is 13.8 Å². The van der Waals surface area contributed by atoms with E-state index in [0.29, 0.717) is 24.7 Å². The first-order chi connectivity index (χ1) is 14.6. The van der Waals surface area contributed by atoms with Gasteiger partial charge in [-0.15, -0.1) is 0 Å². The summed E-state index contributed by atoms with van der Waals surface area (Å²) in [4.78, 5) is 50.4. The molecule has 4 fully saturated rings. The van der Waals surface area contributed by atoms with Crippen LogP contribution in [-0.2, 0) is 23.9 Å². The lowest BCUT2D eigenvalue weighted by molar-refractivity contribution is -0.163. The van der Waals surface area contributed by atoms with Crippen LogP contribution in [0.3, 0.4) is 0 Å². The first kappa shape index (κ1) is 22.6. The average Bonchev–Trinajstić information content (AvgIpc) is 3.05. The van der Waals surface area contributed by atoms with Gasteiger partial charge in [0.2, 0.25) is 5.78 Å². The third kappa shape index (κ3) is 3.59. The molecule has 0 heterocycles. The van der Waals surface area contributed by atoms with Gasteiger partial charge in [-0.2, -0.15) is 0 Å². The molecule has 0 aromatic rings. The van der Waals surface area contributed by atoms with Crippen molar-refractivity contribution in [3.8, 4) is 0 Å². The summed E-state index contributed by atoms with van der Waals surface area (Å²) >= 11 is 0. The molecule has 0 amide bonds. The summed E-state index contributed by atoms with van der Waals surface area (Å²) < 4.78 is 4.74. The van der Waals surface area contributed by atoms with E-state index in [1.54, 1.807) is 6.92 Å². The van der Waals surface area contributed by atoms with Gasteiger partial charge in [0.1, 0.15) is 11.6 Å². The largest absolute Gasteiger partial charge is 0.460 e. The van der Waals surface area contributed by atoms with E-state index in [9.17, 15) is 24.3 Å². The highest BCUT2D eigenvalue weighted by atomic mass is 16.5. The van der Waals surface area contributed by atoms with Gasteiger partial charge < -0.3 is 9.84 Å². The number of rotatable bonds is 5. The van der Waals surface area contributed by atoms with Gasteiger partial charge in [0.05, 0.1) is 19.1 Å². The molecule has 8 atom stereocenters. The van der Waals surface area contributed by atoms with Gasteiger partial charge >= 0.3 is 5.97 Å². The number of carbonyl (C=O) groups is 4. The fourth-order valence-corrected chi connectivity index (χ4v) is 8.14. The van der Waals surface area contributed by atoms with Crippen LogP contribution < -0.4 is 0 Å². The van der Waals surface area contributed by atoms with Crippen molar-refractivity contribution in [1.82, 2.24) is 0 Å². The fraction of sp³-hybridized carbons (Fsp3) is 0.840. The molecule has 0 bridgehead atoms. The third-order valence-corrected chi connectivity index (χ3v) is 9.55. The maximum absolute atomic E-state index is 13.6. The van der Waals surface area contributed by atoms with Crippen molar-refractivity contribution in [3.63, 3.8) is 0 Å². The lowest BCUT2D eigenvalue weighted by atomic mass is 9.44. The maximum Gasteiger partial charge on any atom is 0.375 e. The van der Waals surface area contributed by atoms with Crippen molar-refractivity contribution in [2.24, 2.45) is 40.4 Å². The zero-order chi connectivity index (χ0) is 22.6. The Morgan fingerprint density at radius 2 is 1.81 bits per heavy atom. The molecular formula is C25H36O6. The number of hydrogen-bond acceptors (Lipinski definition) is 6. The summed E-state index contributed by atoms with van der Waals surface area (Å²) in [7, 11) is 0. The number of aliphatic hydroxyl groups is 1. The summed E-state index contributed by atoms with van der Waals surface area (Å²) in [5.74, 6) is -1.03. The normalized spacial score (nSPS) is 44.1. The van der Waals surface area contributed by atoms with Crippen molar-refractivity contribution < 1.29 is 29.0 Å². The van der Waals surface area contributed by atoms with Crippen LogP contribution in [-0.4, -0.2) is 41.1 Å². The molecule has 0 unspecified atom stereocenters. The predicted molar refractivity (Wildman–Crippen MR) is 113 cm³/mol. The molecule has 0 saturated heterocycles. The molecule has 4 rings (SSSR count). The number of ether oxygens (including phenoxy) is 1. The molecule has 172 valence electrons. The SMILES string of the molecule is CCOC(=O)C(=O)CC(=O)[C@H]1CC[C@H]2[C@@H]3CC[C@H]4C[C@@H](O)CC[C@]4(C)[C@H]3C(=O)C[C@]12C. The molecule has 4 aliphatic carbocycles. The van der Waals surface area contributed by atoms with Crippen LogP contribution in [0.5, 0.6) is 0 Å². The standard InChI is InChI=1S/C25H36O6/c1-4-31-23(30)20(28)12-19(27)18-8-7-17-16-6-5-14-11-15(26)9-10-24(14,2)22(16)21(29)13-25(17,18)3/h14-18,22,26H,4-13H2,1-3H3/t14-,15-,16-,17-,18+,22+,24-,25-/m0/s1. The number of ketones is 3. The first-order valence-corrected chi connectivity index (χ1v) is 12.0. The molecule has 4 aliphatic rings. The Bertz CT molecular complexity index is 789. The second kappa shape index (κ2) is 8.09. The van der Waals surface area contributed by atoms with E-state index < -0.39 is 23.6 Å². The molecule has 0 spiro atoms. The zero-order valence-corrected chi connectivity index (χ0v) is 19.0. The number of aliphatic hydroxyl groups excluding tert-OH is 1. The van der Waals surface area contributed by atoms with Crippen molar-refractivity contribution >= 4 is 23.3 Å². The van der Waals surface area contributed by atoms with Gasteiger partial charge in [0.25, 0.3) is 0 Å². The number of esters is 1. The Hall–Kier alpha value is -1.56. The van der Waals surface area contributed by atoms with Crippen LogP contribution in [0.2, 0.25) is 0 Å². The molecule has 0 aliphatic heterocycles. The highest BCUT2D eigenvalue weighted by molar-refractivity contribution is 6.37. The second-order valence-electron chi connectivity index (χ2n) is 11.0. The topological polar surface area (TPSA) is 97.7 Å². The molecule has 0 aromatic carbocycles. The van der Waals surface area contributed by atoms with E-state index >= 15 is 0 Å². The molecule has 6 nitrogen and oxygen atoms in total. The average molecular weight is 433 g/mol. The van der Waals surface area contributed by atoms with Crippen LogP contribution >= 0.6 is 0 Å². The molecule has 0 aromatic heterocycles. The van der Waals surface area contributed by atoms with Crippen LogP contribution in [0.15, 0.2) is 0 Å². The lowest BCUT2D eigenvalue weighted by Gasteiger charge is -2.59. The molecule has 6 heteroatoms. The van der Waals surface area contributed by atoms with Gasteiger partial charge in [0, 0.05) is 18.3 Å². The minimum Gasteiger partial charge on any atom is -0.460 e. The minimum atomic E-state index is -0.943. The van der Waals surface area contributed by atoms with E-state index in [1.807, 2.05) is 0 Å². The van der Waals surface area contributed by atoms with Gasteiger partial charge in [-0.3, -0.25) is 14.4 Å². The van der Waals surface area contributed by atoms with E-state index in [1.165, 1.54) is 0 Å². The number of carbonyl (C=O) groups excluding carboxylic acids is 4. The Balaban J connectivity index is 1.54. The van der Waals surface area contributed by atoms with Crippen LogP contribution in [0, 0.1) is 40.4 Å². The van der Waals surface area contributed by atoms with Gasteiger partial charge in [-0.1, -0.05) is 13.8 Å². The van der Waals surface area contributed by atoms with E-state index in [-0.39, 0.29) is 47.4 Å². The smallest absolute Gasteiger partial charge is 0.375 e. The molecule has 1 N–H and O–H groups in total. The minimum absolute atomic E-state index is 0.0202. The Kier molecular flexibility index (Phi) is 5.91. The predicted octanol–water partition coefficient (Wildman–Crippen LogP) is 3.28. The summed E-state index contributed by atoms with van der Waals surface area (Å²) in [5.41, 5.74) is -0.482. The van der Waals surface area contributed by atoms with Crippen molar-refractivity contribution in [3.05, 3.63) is 0 Å². The lowest BCUT2D eigenvalue weighted by Crippen LogP contribution is -2.58. The van der Waals surface area contributed by atoms with Crippen LogP contribution in [0.4, 0.5) is 0 Å². The van der Waals surface area contributed by atoms with E-state index in [4.69, 9.17) is 4.74 Å². The molecule has 0 radical (unpaired) electrons. The third-order valence-electron chi connectivity index (χ3n) is 9.55. The Labute approximate surface area is 184 Å². The quantitative estimate of drug-likeness (QED) is 0.407. The zero-order valence-electron chi connectivity index (χ0n) is 19.0. The maximum atomic E-state index is 13.6. The Morgan fingerprint density at radius 3 is 2.52 bits per heavy atom. The van der Waals surface area contributed by atoms with Crippen molar-refractivity contribution in [2.45, 2.75) is 84.7 Å². The number of Topliss-reactive ketones (excluding diaryl/α,β-unsaturated/α-hetero) is 3. The van der Waals surface area contributed by atoms with E-state index in [0.717, 1.165) is 38.5 Å². The summed E-state index contributed by atoms with van der Waals surface area (Å²) in [6.45, 7) is 6.06. The molecule has 4 saturated carbocycles. The Morgan fingerprint density at radius 1 is 1.06 bits per heavy atom. The highest BCUT2D eigenvalue weighted by Gasteiger charge is 2.64. The summed E-state index contributed by atoms with van der Waals surface area (Å²) in [6, 6.07) is 0. The van der Waals surface area contributed by atoms with Crippen molar-refractivity contribution in [2.75, 3.05) is 6.61 Å². The van der Waals surface area contributed by atoms with Gasteiger partial charge in [-0.25, -0.2) is 4.79 Å². The van der Waals surface area contributed by atoms with Gasteiger partial charge in [0.15, 0.2) is 0 Å². The number of hydrogen-bond donors (Lipinski definition) is 1. The molecular weight excluding hydrogens is 396 g/mol. The molecule has 31 heavy (non-hydrogen) atoms. The summed E-state index contributed by atoms with van der Waals surface area (Å²) in [5, 5.41) is 10.2. The fourth-order valence-electron chi connectivity index (χ4n) is 8.14. The summed E-state index contributed by atoms with van der Waals surface area (Å²) in [6.07, 6.45) is 5.77. The van der Waals surface area contributed by atoms with Crippen LogP contribution in [0.1, 0.15) is 78.6 Å².